The number of halogens is 2. The van der Waals surface area contributed by atoms with Gasteiger partial charge >= 0.3 is 6.09 Å². The molecule has 0 unspecified atom stereocenters. The highest BCUT2D eigenvalue weighted by Crippen LogP contribution is 2.41. The minimum Gasteiger partial charge on any atom is -0.444 e. The van der Waals surface area contributed by atoms with Crippen molar-refractivity contribution in [2.75, 3.05) is 6.54 Å². The highest BCUT2D eigenvalue weighted by Gasteiger charge is 2.46. The molecule has 0 bridgehead atoms. The first-order chi connectivity index (χ1) is 13.6. The molecule has 2 atom stereocenters. The number of nitriles is 1. The first-order valence-corrected chi connectivity index (χ1v) is 11.1. The molecule has 0 aromatic heterocycles. The van der Waals surface area contributed by atoms with E-state index in [2.05, 4.69) is 0 Å². The molecule has 3 rings (SSSR count). The van der Waals surface area contributed by atoms with Gasteiger partial charge in [-0.25, -0.2) is 9.69 Å². The Hall–Kier alpha value is -1.62. The van der Waals surface area contributed by atoms with Crippen molar-refractivity contribution >= 4 is 47.0 Å². The summed E-state index contributed by atoms with van der Waals surface area (Å²) >= 11 is 14.0. The molecule has 1 saturated carbocycles. The molecular formula is C20H23Cl2N3O3S. The van der Waals surface area contributed by atoms with E-state index in [4.69, 9.17) is 27.9 Å². The molecule has 0 N–H and O–H groups in total. The lowest BCUT2D eigenvalue weighted by molar-refractivity contribution is -0.133. The van der Waals surface area contributed by atoms with E-state index in [0.29, 0.717) is 23.0 Å². The van der Waals surface area contributed by atoms with Gasteiger partial charge in [-0.2, -0.15) is 5.26 Å². The molecule has 0 radical (unpaired) electrons. The summed E-state index contributed by atoms with van der Waals surface area (Å²) in [5.74, 6) is -0.353. The van der Waals surface area contributed by atoms with Crippen LogP contribution in [0, 0.1) is 11.5 Å². The second-order valence-corrected chi connectivity index (χ2v) is 10.3. The number of amides is 2. The van der Waals surface area contributed by atoms with Gasteiger partial charge in [-0.15, -0.1) is 11.8 Å². The van der Waals surface area contributed by atoms with Crippen LogP contribution in [-0.4, -0.2) is 51.3 Å². The molecule has 2 amide bonds. The smallest absolute Gasteiger partial charge is 0.411 e. The second-order valence-electron chi connectivity index (χ2n) is 8.21. The predicted octanol–water partition coefficient (Wildman–Crippen LogP) is 4.94. The quantitative estimate of drug-likeness (QED) is 0.474. The van der Waals surface area contributed by atoms with E-state index in [9.17, 15) is 14.9 Å². The third-order valence-electron chi connectivity index (χ3n) is 4.64. The van der Waals surface area contributed by atoms with Crippen LogP contribution in [0.4, 0.5) is 4.79 Å². The van der Waals surface area contributed by atoms with E-state index in [1.807, 2.05) is 6.19 Å². The van der Waals surface area contributed by atoms with Crippen molar-refractivity contribution in [2.45, 2.75) is 67.9 Å². The Balaban J connectivity index is 1.82. The van der Waals surface area contributed by atoms with Crippen LogP contribution in [0.25, 0.3) is 0 Å². The van der Waals surface area contributed by atoms with Crippen LogP contribution in [0.3, 0.4) is 0 Å². The van der Waals surface area contributed by atoms with Gasteiger partial charge in [0.05, 0.1) is 10.0 Å². The fourth-order valence-corrected chi connectivity index (χ4v) is 5.08. The zero-order valence-electron chi connectivity index (χ0n) is 16.5. The maximum Gasteiger partial charge on any atom is 0.411 e. The summed E-state index contributed by atoms with van der Waals surface area (Å²) in [6.07, 6.45) is 3.45. The van der Waals surface area contributed by atoms with E-state index in [1.54, 1.807) is 39.0 Å². The Bertz CT molecular complexity index is 828. The minimum atomic E-state index is -0.746. The molecule has 1 heterocycles. The van der Waals surface area contributed by atoms with Gasteiger partial charge in [0.25, 0.3) is 5.91 Å². The molecule has 156 valence electrons. The van der Waals surface area contributed by atoms with E-state index >= 15 is 0 Å². The number of thioether (sulfide) groups is 1. The topological polar surface area (TPSA) is 73.6 Å². The number of hydrogen-bond acceptors (Lipinski definition) is 5. The molecule has 1 saturated heterocycles. The van der Waals surface area contributed by atoms with E-state index in [-0.39, 0.29) is 17.2 Å². The molecule has 2 aliphatic rings. The Morgan fingerprint density at radius 3 is 2.41 bits per heavy atom. The number of nitrogens with zero attached hydrogens (tertiary/aromatic N) is 3. The van der Waals surface area contributed by atoms with Gasteiger partial charge in [-0.3, -0.25) is 9.69 Å². The molecule has 29 heavy (non-hydrogen) atoms. The van der Waals surface area contributed by atoms with Gasteiger partial charge in [0.2, 0.25) is 0 Å². The lowest BCUT2D eigenvalue weighted by Crippen LogP contribution is -2.48. The summed E-state index contributed by atoms with van der Waals surface area (Å²) in [6.45, 7) is 5.64. The van der Waals surface area contributed by atoms with Crippen molar-refractivity contribution in [3.63, 3.8) is 0 Å². The molecule has 1 aliphatic carbocycles. The molecule has 9 heteroatoms. The van der Waals surface area contributed by atoms with E-state index < -0.39 is 17.7 Å². The van der Waals surface area contributed by atoms with Crippen LogP contribution in [0.5, 0.6) is 0 Å². The summed E-state index contributed by atoms with van der Waals surface area (Å²) in [5, 5.41) is 10.4. The van der Waals surface area contributed by atoms with Gasteiger partial charge in [-0.05, 0) is 52.2 Å². The van der Waals surface area contributed by atoms with Crippen molar-refractivity contribution in [2.24, 2.45) is 0 Å². The standard InChI is InChI=1S/C20H23Cl2N3O3S/c1-20(2,3)28-19(27)24-10-13(29-17-14(21)5-4-6-15(17)22)9-16(24)18(26)25(11-23)12-7-8-12/h4-6,12-13,16H,7-10H2,1-3H3/t13-,16+/m1/s1. The number of rotatable bonds is 4. The van der Waals surface area contributed by atoms with Crippen molar-refractivity contribution in [1.29, 1.82) is 5.26 Å². The van der Waals surface area contributed by atoms with Gasteiger partial charge in [0.1, 0.15) is 11.6 Å². The molecule has 1 aliphatic heterocycles. The largest absolute Gasteiger partial charge is 0.444 e. The number of likely N-dealkylation sites (tertiary alicyclic amines) is 1. The zero-order chi connectivity index (χ0) is 21.3. The minimum absolute atomic E-state index is 0.0577. The van der Waals surface area contributed by atoms with Crippen molar-refractivity contribution in [3.8, 4) is 6.19 Å². The fourth-order valence-electron chi connectivity index (χ4n) is 3.21. The lowest BCUT2D eigenvalue weighted by atomic mass is 10.2. The maximum atomic E-state index is 13.1. The third kappa shape index (κ3) is 5.30. The van der Waals surface area contributed by atoms with Gasteiger partial charge in [-0.1, -0.05) is 29.3 Å². The average molecular weight is 456 g/mol. The van der Waals surface area contributed by atoms with Crippen LogP contribution in [0.1, 0.15) is 40.0 Å². The van der Waals surface area contributed by atoms with Crippen LogP contribution in [0.2, 0.25) is 10.0 Å². The van der Waals surface area contributed by atoms with Gasteiger partial charge in [0.15, 0.2) is 6.19 Å². The first kappa shape index (κ1) is 22.1. The second kappa shape index (κ2) is 8.63. The van der Waals surface area contributed by atoms with Crippen LogP contribution < -0.4 is 0 Å². The summed E-state index contributed by atoms with van der Waals surface area (Å²) in [7, 11) is 0. The zero-order valence-corrected chi connectivity index (χ0v) is 18.9. The summed E-state index contributed by atoms with van der Waals surface area (Å²) in [4.78, 5) is 29.2. The van der Waals surface area contributed by atoms with Crippen molar-refractivity contribution < 1.29 is 14.3 Å². The van der Waals surface area contributed by atoms with Crippen molar-refractivity contribution in [1.82, 2.24) is 9.80 Å². The van der Waals surface area contributed by atoms with Crippen LogP contribution >= 0.6 is 35.0 Å². The molecule has 1 aromatic rings. The lowest BCUT2D eigenvalue weighted by Gasteiger charge is -2.29. The Labute approximate surface area is 185 Å². The number of ether oxygens (including phenoxy) is 1. The molecule has 2 fully saturated rings. The fraction of sp³-hybridized carbons (Fsp3) is 0.550. The Kier molecular flexibility index (Phi) is 6.57. The average Bonchev–Trinajstić information content (AvgIpc) is 3.35. The highest BCUT2D eigenvalue weighted by atomic mass is 35.5. The van der Waals surface area contributed by atoms with Crippen LogP contribution in [-0.2, 0) is 9.53 Å². The number of carbonyl (C=O) groups excluding carboxylic acids is 2. The predicted molar refractivity (Wildman–Crippen MR) is 113 cm³/mol. The van der Waals surface area contributed by atoms with Gasteiger partial charge < -0.3 is 4.74 Å². The molecular weight excluding hydrogens is 433 g/mol. The van der Waals surface area contributed by atoms with Crippen LogP contribution in [0.15, 0.2) is 23.1 Å². The number of hydrogen-bond donors (Lipinski definition) is 0. The van der Waals surface area contributed by atoms with Crippen molar-refractivity contribution in [3.05, 3.63) is 28.2 Å². The van der Waals surface area contributed by atoms with Gasteiger partial charge in [0, 0.05) is 22.7 Å². The monoisotopic (exact) mass is 455 g/mol. The molecule has 0 spiro atoms. The van der Waals surface area contributed by atoms with E-state index in [0.717, 1.165) is 17.7 Å². The van der Waals surface area contributed by atoms with E-state index in [1.165, 1.54) is 21.6 Å². The Morgan fingerprint density at radius 2 is 1.90 bits per heavy atom. The number of benzene rings is 1. The maximum absolute atomic E-state index is 13.1. The summed E-state index contributed by atoms with van der Waals surface area (Å²) in [5.41, 5.74) is -0.687. The number of carbonyl (C=O) groups is 2. The molecule has 1 aromatic carbocycles. The SMILES string of the molecule is CC(C)(C)OC(=O)N1C[C@H](Sc2c(Cl)cccc2Cl)C[C@H]1C(=O)N(C#N)C1CC1. The summed E-state index contributed by atoms with van der Waals surface area (Å²) in [6, 6.07) is 4.47. The Morgan fingerprint density at radius 1 is 1.28 bits per heavy atom. The normalized spacial score (nSPS) is 21.6. The summed E-state index contributed by atoms with van der Waals surface area (Å²) < 4.78 is 5.51. The molecule has 6 nitrogen and oxygen atoms in total. The third-order valence-corrected chi connectivity index (χ3v) is 6.84. The first-order valence-electron chi connectivity index (χ1n) is 9.44. The highest BCUT2D eigenvalue weighted by molar-refractivity contribution is 8.00.